The van der Waals surface area contributed by atoms with E-state index in [2.05, 4.69) is 0 Å². The Kier molecular flexibility index (Phi) is 2.73. The molecule has 90 valence electrons. The van der Waals surface area contributed by atoms with E-state index >= 15 is 0 Å². The number of carboxylic acids is 1. The fourth-order valence-corrected chi connectivity index (χ4v) is 2.47. The number of carbonyl (C=O) groups is 2. The highest BCUT2D eigenvalue weighted by Gasteiger charge is 2.50. The zero-order chi connectivity index (χ0) is 12.6. The van der Waals surface area contributed by atoms with Crippen LogP contribution in [0, 0.1) is 11.2 Å². The maximum atomic E-state index is 12.8. The first-order valence-corrected chi connectivity index (χ1v) is 5.47. The van der Waals surface area contributed by atoms with Gasteiger partial charge < -0.3 is 5.11 Å². The Morgan fingerprint density at radius 2 is 2.00 bits per heavy atom. The second-order valence-corrected chi connectivity index (χ2v) is 4.67. The molecule has 0 bridgehead atoms. The molecule has 0 radical (unpaired) electrons. The van der Waals surface area contributed by atoms with Crippen LogP contribution in [0.25, 0.3) is 0 Å². The van der Waals surface area contributed by atoms with Gasteiger partial charge in [-0.3, -0.25) is 9.59 Å². The molecule has 3 nitrogen and oxygen atoms in total. The van der Waals surface area contributed by atoms with Gasteiger partial charge >= 0.3 is 5.97 Å². The number of halogens is 1. The number of hydrogen-bond acceptors (Lipinski definition) is 2. The molecule has 1 aromatic carbocycles. The largest absolute Gasteiger partial charge is 0.481 e. The number of hydrogen-bond donors (Lipinski definition) is 1. The number of benzene rings is 1. The summed E-state index contributed by atoms with van der Waals surface area (Å²) in [6.45, 7) is 1.58. The van der Waals surface area contributed by atoms with E-state index in [-0.39, 0.29) is 12.2 Å². The van der Waals surface area contributed by atoms with E-state index in [1.54, 1.807) is 6.92 Å². The maximum Gasteiger partial charge on any atom is 0.310 e. The van der Waals surface area contributed by atoms with Crippen molar-refractivity contribution < 1.29 is 19.1 Å². The molecule has 2 rings (SSSR count). The molecule has 0 spiro atoms. The van der Waals surface area contributed by atoms with Crippen molar-refractivity contribution in [2.75, 3.05) is 0 Å². The molecule has 0 aromatic heterocycles. The van der Waals surface area contributed by atoms with Gasteiger partial charge in [0.1, 0.15) is 11.6 Å². The number of carboxylic acid groups (broad SMARTS) is 1. The van der Waals surface area contributed by atoms with Crippen LogP contribution < -0.4 is 0 Å². The third-order valence-electron chi connectivity index (χ3n) is 3.54. The van der Waals surface area contributed by atoms with Crippen LogP contribution in [0.2, 0.25) is 0 Å². The van der Waals surface area contributed by atoms with E-state index in [1.165, 1.54) is 24.3 Å². The number of ketones is 1. The topological polar surface area (TPSA) is 54.4 Å². The van der Waals surface area contributed by atoms with Crippen LogP contribution in [0.5, 0.6) is 0 Å². The lowest BCUT2D eigenvalue weighted by Gasteiger charge is -2.25. The average Bonchev–Trinajstić information content (AvgIpc) is 2.58. The van der Waals surface area contributed by atoms with E-state index in [9.17, 15) is 19.1 Å². The molecular formula is C13H13FO3. The maximum absolute atomic E-state index is 12.8. The van der Waals surface area contributed by atoms with Crippen LogP contribution in [0.3, 0.4) is 0 Å². The monoisotopic (exact) mass is 236 g/mol. The van der Waals surface area contributed by atoms with Crippen molar-refractivity contribution in [3.63, 3.8) is 0 Å². The van der Waals surface area contributed by atoms with Gasteiger partial charge in [-0.05, 0) is 31.0 Å². The smallest absolute Gasteiger partial charge is 0.310 e. The minimum atomic E-state index is -1.07. The van der Waals surface area contributed by atoms with Gasteiger partial charge in [-0.15, -0.1) is 0 Å². The predicted molar refractivity (Wildman–Crippen MR) is 59.1 cm³/mol. The number of Topliss-reactive ketones (excluding diaryl/α,β-unsaturated/α-hetero) is 1. The molecule has 1 fully saturated rings. The summed E-state index contributed by atoms with van der Waals surface area (Å²) in [6, 6.07) is 5.49. The summed E-state index contributed by atoms with van der Waals surface area (Å²) in [5, 5.41) is 9.25. The normalized spacial score (nSPS) is 28.4. The van der Waals surface area contributed by atoms with Crippen LogP contribution in [0.15, 0.2) is 24.3 Å². The first-order chi connectivity index (χ1) is 7.95. The molecule has 1 aliphatic carbocycles. The SMILES string of the molecule is C[C@]1(C(=O)O)CCC(=O)[C@@H]1c1ccc(F)cc1. The lowest BCUT2D eigenvalue weighted by Crippen LogP contribution is -2.32. The van der Waals surface area contributed by atoms with Crippen LogP contribution in [0.4, 0.5) is 4.39 Å². The summed E-state index contributed by atoms with van der Waals surface area (Å²) in [5.41, 5.74) is -0.492. The fourth-order valence-electron chi connectivity index (χ4n) is 2.47. The molecule has 0 unspecified atom stereocenters. The summed E-state index contributed by atoms with van der Waals surface area (Å²) in [7, 11) is 0. The number of rotatable bonds is 2. The highest BCUT2D eigenvalue weighted by Crippen LogP contribution is 2.47. The standard InChI is InChI=1S/C13H13FO3/c1-13(12(16)17)7-6-10(15)11(13)8-2-4-9(14)5-3-8/h2-5,11H,6-7H2,1H3,(H,16,17)/t11-,13-/m0/s1. The molecule has 1 saturated carbocycles. The van der Waals surface area contributed by atoms with Crippen LogP contribution in [-0.2, 0) is 9.59 Å². The van der Waals surface area contributed by atoms with Gasteiger partial charge in [-0.2, -0.15) is 0 Å². The Hall–Kier alpha value is -1.71. The van der Waals surface area contributed by atoms with Crippen LogP contribution in [0.1, 0.15) is 31.2 Å². The van der Waals surface area contributed by atoms with Crippen molar-refractivity contribution in [2.45, 2.75) is 25.7 Å². The van der Waals surface area contributed by atoms with Crippen molar-refractivity contribution in [2.24, 2.45) is 5.41 Å². The van der Waals surface area contributed by atoms with Crippen molar-refractivity contribution in [3.8, 4) is 0 Å². The fraction of sp³-hybridized carbons (Fsp3) is 0.385. The van der Waals surface area contributed by atoms with Gasteiger partial charge in [0.2, 0.25) is 0 Å². The van der Waals surface area contributed by atoms with E-state index in [0.717, 1.165) is 0 Å². The van der Waals surface area contributed by atoms with Crippen molar-refractivity contribution in [3.05, 3.63) is 35.6 Å². The minimum Gasteiger partial charge on any atom is -0.481 e. The van der Waals surface area contributed by atoms with Crippen LogP contribution >= 0.6 is 0 Å². The Labute approximate surface area is 98.3 Å². The van der Waals surface area contributed by atoms with E-state index < -0.39 is 23.1 Å². The van der Waals surface area contributed by atoms with Crippen molar-refractivity contribution in [1.82, 2.24) is 0 Å². The molecule has 0 amide bonds. The van der Waals surface area contributed by atoms with Gasteiger partial charge in [0, 0.05) is 6.42 Å². The quantitative estimate of drug-likeness (QED) is 0.857. The van der Waals surface area contributed by atoms with E-state index in [0.29, 0.717) is 12.0 Å². The lowest BCUT2D eigenvalue weighted by atomic mass is 9.76. The molecule has 0 aliphatic heterocycles. The van der Waals surface area contributed by atoms with Gasteiger partial charge in [0.05, 0.1) is 11.3 Å². The lowest BCUT2D eigenvalue weighted by molar-refractivity contribution is -0.149. The summed E-state index contributed by atoms with van der Waals surface area (Å²) in [5.74, 6) is -2.11. The van der Waals surface area contributed by atoms with Crippen molar-refractivity contribution in [1.29, 1.82) is 0 Å². The number of carbonyl (C=O) groups excluding carboxylic acids is 1. The molecule has 1 aromatic rings. The molecule has 17 heavy (non-hydrogen) atoms. The predicted octanol–water partition coefficient (Wildman–Crippen LogP) is 2.36. The van der Waals surface area contributed by atoms with Crippen LogP contribution in [-0.4, -0.2) is 16.9 Å². The summed E-state index contributed by atoms with van der Waals surface area (Å²) in [6.07, 6.45) is 0.605. The Morgan fingerprint density at radius 3 is 2.53 bits per heavy atom. The summed E-state index contributed by atoms with van der Waals surface area (Å²) >= 11 is 0. The molecule has 4 heteroatoms. The number of aliphatic carboxylic acids is 1. The van der Waals surface area contributed by atoms with Gasteiger partial charge in [0.25, 0.3) is 0 Å². The molecule has 2 atom stereocenters. The summed E-state index contributed by atoms with van der Waals surface area (Å²) < 4.78 is 12.8. The molecule has 1 N–H and O–H groups in total. The second kappa shape index (κ2) is 3.95. The third-order valence-corrected chi connectivity index (χ3v) is 3.54. The first kappa shape index (κ1) is 11.8. The zero-order valence-corrected chi connectivity index (χ0v) is 9.44. The molecule has 0 saturated heterocycles. The molecular weight excluding hydrogens is 223 g/mol. The van der Waals surface area contributed by atoms with E-state index in [4.69, 9.17) is 0 Å². The highest BCUT2D eigenvalue weighted by atomic mass is 19.1. The van der Waals surface area contributed by atoms with Gasteiger partial charge in [0.15, 0.2) is 0 Å². The third kappa shape index (κ3) is 1.84. The molecule has 1 aliphatic rings. The minimum absolute atomic E-state index is 0.0819. The van der Waals surface area contributed by atoms with Gasteiger partial charge in [-0.25, -0.2) is 4.39 Å². The Morgan fingerprint density at radius 1 is 1.41 bits per heavy atom. The zero-order valence-electron chi connectivity index (χ0n) is 9.44. The van der Waals surface area contributed by atoms with Crippen molar-refractivity contribution >= 4 is 11.8 Å². The first-order valence-electron chi connectivity index (χ1n) is 5.47. The second-order valence-electron chi connectivity index (χ2n) is 4.67. The summed E-state index contributed by atoms with van der Waals surface area (Å²) in [4.78, 5) is 23.1. The van der Waals surface area contributed by atoms with Gasteiger partial charge in [-0.1, -0.05) is 12.1 Å². The highest BCUT2D eigenvalue weighted by molar-refractivity contribution is 5.96. The molecule has 0 heterocycles. The average molecular weight is 236 g/mol. The Bertz CT molecular complexity index is 466. The Balaban J connectivity index is 2.44. The van der Waals surface area contributed by atoms with E-state index in [1.807, 2.05) is 0 Å².